The fourth-order valence-corrected chi connectivity index (χ4v) is 5.11. The molecule has 5 atom stereocenters. The van der Waals surface area contributed by atoms with Crippen LogP contribution in [0.4, 0.5) is 13.2 Å². The molecule has 2 aliphatic heterocycles. The van der Waals surface area contributed by atoms with E-state index in [1.807, 2.05) is 0 Å². The molecule has 0 spiro atoms. The number of aliphatic hydroxyl groups is 2. The standard InChI is InChI=1S/C17H16F3N2O8PS/c18-9-5-22(16(26)21-13(9)25)14-11(23)12(24)17(29-14,15(19)20)7-28-31(32)27-6-8-3-1-2-4-10(8)30-31/h1-5,11-12,14-15,23-24H,6-7H2,(H,21,25,26)/t11-,12-,14-,17-,31?/m1/s1. The Bertz CT molecular complexity index is 1190. The van der Waals surface area contributed by atoms with Crippen molar-refractivity contribution in [1.29, 1.82) is 0 Å². The Morgan fingerprint density at radius 1 is 1.34 bits per heavy atom. The Kier molecular flexibility index (Phi) is 6.05. The highest BCUT2D eigenvalue weighted by molar-refractivity contribution is 8.07. The molecule has 3 N–H and O–H groups in total. The fourth-order valence-electron chi connectivity index (χ4n) is 3.29. The Labute approximate surface area is 182 Å². The largest absolute Gasteiger partial charge is 0.424 e. The van der Waals surface area contributed by atoms with Gasteiger partial charge in [-0.15, -0.1) is 0 Å². The minimum atomic E-state index is -3.59. The van der Waals surface area contributed by atoms with Gasteiger partial charge in [-0.25, -0.2) is 13.6 Å². The van der Waals surface area contributed by atoms with Crippen molar-refractivity contribution < 1.29 is 41.7 Å². The number of alkyl halides is 2. The van der Waals surface area contributed by atoms with Crippen LogP contribution in [0.1, 0.15) is 11.8 Å². The van der Waals surface area contributed by atoms with Crippen LogP contribution in [0.2, 0.25) is 0 Å². The number of aromatic amines is 1. The molecule has 1 aromatic heterocycles. The van der Waals surface area contributed by atoms with Gasteiger partial charge in [0.1, 0.15) is 18.0 Å². The summed E-state index contributed by atoms with van der Waals surface area (Å²) in [4.78, 5) is 24.8. The molecular formula is C17H16F3N2O8PS. The zero-order chi connectivity index (χ0) is 23.3. The van der Waals surface area contributed by atoms with E-state index < -0.39 is 60.9 Å². The Morgan fingerprint density at radius 2 is 2.06 bits per heavy atom. The van der Waals surface area contributed by atoms with Gasteiger partial charge in [0.25, 0.3) is 12.0 Å². The molecule has 3 heterocycles. The molecule has 1 fully saturated rings. The number of hydrogen-bond acceptors (Lipinski definition) is 9. The molecule has 0 amide bonds. The fraction of sp³-hybridized carbons (Fsp3) is 0.412. The molecule has 1 aromatic carbocycles. The number of aromatic nitrogens is 2. The Balaban J connectivity index is 1.60. The maximum atomic E-state index is 14.1. The topological polar surface area (TPSA) is 132 Å². The first-order valence-electron chi connectivity index (χ1n) is 9.06. The lowest BCUT2D eigenvalue weighted by molar-refractivity contribution is -0.193. The average molecular weight is 496 g/mol. The van der Waals surface area contributed by atoms with Crippen LogP contribution >= 0.6 is 6.72 Å². The number of hydrogen-bond donors (Lipinski definition) is 3. The third-order valence-corrected chi connectivity index (χ3v) is 7.20. The molecule has 1 saturated heterocycles. The number of nitrogens with one attached hydrogen (secondary N) is 1. The van der Waals surface area contributed by atoms with Crippen molar-refractivity contribution in [3.8, 4) is 5.75 Å². The van der Waals surface area contributed by atoms with Crippen molar-refractivity contribution in [2.45, 2.75) is 37.1 Å². The first kappa shape index (κ1) is 23.1. The number of benzene rings is 1. The summed E-state index contributed by atoms with van der Waals surface area (Å²) >= 11 is 5.20. The molecule has 2 aromatic rings. The average Bonchev–Trinajstić information content (AvgIpc) is 3.01. The van der Waals surface area contributed by atoms with E-state index in [0.29, 0.717) is 22.1 Å². The first-order valence-corrected chi connectivity index (χ1v) is 11.6. The summed E-state index contributed by atoms with van der Waals surface area (Å²) in [7, 11) is 0. The highest BCUT2D eigenvalue weighted by Crippen LogP contribution is 2.56. The van der Waals surface area contributed by atoms with Crippen LogP contribution in [0.5, 0.6) is 5.75 Å². The number of rotatable bonds is 5. The zero-order valence-corrected chi connectivity index (χ0v) is 17.6. The third kappa shape index (κ3) is 3.92. The van der Waals surface area contributed by atoms with Crippen LogP contribution < -0.4 is 15.8 Å². The van der Waals surface area contributed by atoms with Crippen LogP contribution in [-0.2, 0) is 32.2 Å². The van der Waals surface area contributed by atoms with Gasteiger partial charge in [-0.1, -0.05) is 18.2 Å². The molecule has 4 rings (SSSR count). The third-order valence-electron chi connectivity index (χ3n) is 5.03. The second-order valence-corrected chi connectivity index (χ2v) is 9.97. The number of ether oxygens (including phenoxy) is 1. The summed E-state index contributed by atoms with van der Waals surface area (Å²) in [6, 6.07) is 6.69. The van der Waals surface area contributed by atoms with Gasteiger partial charge in [-0.2, -0.15) is 4.39 Å². The second-order valence-electron chi connectivity index (χ2n) is 7.04. The van der Waals surface area contributed by atoms with Crippen molar-refractivity contribution in [3.05, 3.63) is 62.7 Å². The van der Waals surface area contributed by atoms with Gasteiger partial charge in [0.2, 0.25) is 5.82 Å². The Hall–Kier alpha value is -2.06. The number of halogens is 3. The predicted molar refractivity (Wildman–Crippen MR) is 104 cm³/mol. The summed E-state index contributed by atoms with van der Waals surface area (Å²) in [6.45, 7) is -4.68. The first-order chi connectivity index (χ1) is 15.1. The monoisotopic (exact) mass is 496 g/mol. The van der Waals surface area contributed by atoms with E-state index in [0.717, 1.165) is 0 Å². The Morgan fingerprint density at radius 3 is 2.78 bits per heavy atom. The molecule has 0 bridgehead atoms. The minimum absolute atomic E-state index is 0.00413. The highest BCUT2D eigenvalue weighted by atomic mass is 32.5. The second kappa shape index (κ2) is 8.37. The molecule has 0 radical (unpaired) electrons. The lowest BCUT2D eigenvalue weighted by Gasteiger charge is -2.34. The zero-order valence-electron chi connectivity index (χ0n) is 15.9. The van der Waals surface area contributed by atoms with E-state index in [2.05, 4.69) is 0 Å². The van der Waals surface area contributed by atoms with Crippen LogP contribution in [-0.4, -0.2) is 50.6 Å². The van der Waals surface area contributed by atoms with Gasteiger partial charge in [-0.3, -0.25) is 23.4 Å². The van der Waals surface area contributed by atoms with Gasteiger partial charge in [-0.05, 0) is 6.07 Å². The van der Waals surface area contributed by atoms with Crippen LogP contribution in [0.15, 0.2) is 40.1 Å². The van der Waals surface area contributed by atoms with Crippen molar-refractivity contribution in [2.24, 2.45) is 0 Å². The van der Waals surface area contributed by atoms with Crippen LogP contribution in [0.3, 0.4) is 0 Å². The van der Waals surface area contributed by atoms with E-state index in [1.165, 1.54) is 0 Å². The van der Waals surface area contributed by atoms with Gasteiger partial charge >= 0.3 is 12.4 Å². The number of para-hydroxylation sites is 1. The van der Waals surface area contributed by atoms with Crippen molar-refractivity contribution >= 4 is 18.5 Å². The highest BCUT2D eigenvalue weighted by Gasteiger charge is 2.61. The molecule has 0 saturated carbocycles. The summed E-state index contributed by atoms with van der Waals surface area (Å²) < 4.78 is 63.5. The van der Waals surface area contributed by atoms with Gasteiger partial charge in [0.15, 0.2) is 11.8 Å². The van der Waals surface area contributed by atoms with E-state index in [1.54, 1.807) is 29.2 Å². The van der Waals surface area contributed by atoms with Gasteiger partial charge < -0.3 is 19.5 Å². The summed E-state index contributed by atoms with van der Waals surface area (Å²) in [5.74, 6) is -1.09. The van der Waals surface area contributed by atoms with Crippen LogP contribution in [0.25, 0.3) is 0 Å². The normalized spacial score (nSPS) is 32.0. The number of fused-ring (bicyclic) bond motifs is 1. The smallest absolute Gasteiger partial charge is 0.381 e. The summed E-state index contributed by atoms with van der Waals surface area (Å²) in [5.41, 5.74) is -4.81. The molecule has 1 unspecified atom stereocenters. The van der Waals surface area contributed by atoms with Crippen molar-refractivity contribution in [2.75, 3.05) is 6.61 Å². The van der Waals surface area contributed by atoms with E-state index in [4.69, 9.17) is 30.1 Å². The molecule has 32 heavy (non-hydrogen) atoms. The molecule has 174 valence electrons. The molecule has 15 heteroatoms. The van der Waals surface area contributed by atoms with Gasteiger partial charge in [0, 0.05) is 17.4 Å². The summed E-state index contributed by atoms with van der Waals surface area (Å²) in [6.07, 6.45) is -9.43. The molecule has 10 nitrogen and oxygen atoms in total. The van der Waals surface area contributed by atoms with Crippen molar-refractivity contribution in [1.82, 2.24) is 9.55 Å². The van der Waals surface area contributed by atoms with Crippen LogP contribution in [0, 0.1) is 5.82 Å². The lowest BCUT2D eigenvalue weighted by Crippen LogP contribution is -2.52. The molecular weight excluding hydrogens is 480 g/mol. The molecule has 0 aliphatic carbocycles. The van der Waals surface area contributed by atoms with E-state index >= 15 is 0 Å². The maximum absolute atomic E-state index is 14.1. The quantitative estimate of drug-likeness (QED) is 0.514. The van der Waals surface area contributed by atoms with Crippen molar-refractivity contribution in [3.63, 3.8) is 0 Å². The number of aliphatic hydroxyl groups excluding tert-OH is 2. The SMILES string of the molecule is O=c1[nH]c(=O)n([C@@H]2O[C@@](COP3(=S)OCc4ccccc4O3)(C(F)F)[C@H](O)[C@H]2O)cc1F. The molecule has 2 aliphatic rings. The van der Waals surface area contributed by atoms with E-state index in [9.17, 15) is 33.0 Å². The lowest BCUT2D eigenvalue weighted by atomic mass is 9.96. The minimum Gasteiger partial charge on any atom is -0.424 e. The predicted octanol–water partition coefficient (Wildman–Crippen LogP) is 0.780. The number of nitrogens with zero attached hydrogens (tertiary/aromatic N) is 1. The van der Waals surface area contributed by atoms with Gasteiger partial charge in [0.05, 0.1) is 19.4 Å². The summed E-state index contributed by atoms with van der Waals surface area (Å²) in [5, 5.41) is 20.7. The number of H-pyrrole nitrogens is 1. The van der Waals surface area contributed by atoms with E-state index in [-0.39, 0.29) is 6.61 Å². The maximum Gasteiger partial charge on any atom is 0.381 e.